The minimum Gasteiger partial charge on any atom is -0.508 e. The first-order valence-corrected chi connectivity index (χ1v) is 11.9. The predicted molar refractivity (Wildman–Crippen MR) is 127 cm³/mol. The number of benzene rings is 1. The molecular formula is C27H46O3. The molecule has 0 aliphatic rings. The van der Waals surface area contributed by atoms with Crippen LogP contribution in [0.25, 0.3) is 0 Å². The Balaban J connectivity index is 2.86. The zero-order chi connectivity index (χ0) is 22.8. The highest BCUT2D eigenvalue weighted by atomic mass is 16.5. The average Bonchev–Trinajstić information content (AvgIpc) is 2.63. The fraction of sp³-hybridized carbons (Fsp3) is 0.741. The van der Waals surface area contributed by atoms with Gasteiger partial charge in [0.15, 0.2) is 0 Å². The van der Waals surface area contributed by atoms with Crippen LogP contribution in [0.5, 0.6) is 5.75 Å². The Bertz CT molecular complexity index is 619. The first-order valence-electron chi connectivity index (χ1n) is 11.9. The van der Waals surface area contributed by atoms with Gasteiger partial charge in [-0.2, -0.15) is 0 Å². The molecule has 0 aliphatic carbocycles. The lowest BCUT2D eigenvalue weighted by molar-refractivity contribution is -0.158. The summed E-state index contributed by atoms with van der Waals surface area (Å²) >= 11 is 0. The van der Waals surface area contributed by atoms with Gasteiger partial charge in [-0.15, -0.1) is 0 Å². The summed E-state index contributed by atoms with van der Waals surface area (Å²) in [5, 5.41) is 9.77. The monoisotopic (exact) mass is 418 g/mol. The van der Waals surface area contributed by atoms with Crippen molar-refractivity contribution < 1.29 is 14.6 Å². The number of phenols is 1. The molecule has 3 heteroatoms. The highest BCUT2D eigenvalue weighted by Gasteiger charge is 2.52. The van der Waals surface area contributed by atoms with Gasteiger partial charge in [0, 0.05) is 0 Å². The molecule has 1 rings (SSSR count). The number of carbonyl (C=O) groups is 1. The molecule has 0 heterocycles. The third kappa shape index (κ3) is 7.96. The van der Waals surface area contributed by atoms with E-state index in [1.54, 1.807) is 12.1 Å². The smallest absolute Gasteiger partial charge is 0.317 e. The molecule has 0 aliphatic heterocycles. The minimum atomic E-state index is -0.765. The van der Waals surface area contributed by atoms with E-state index in [4.69, 9.17) is 4.74 Å². The number of hydrogen-bond acceptors (Lipinski definition) is 3. The van der Waals surface area contributed by atoms with Crippen LogP contribution in [0.1, 0.15) is 112 Å². The van der Waals surface area contributed by atoms with Crippen LogP contribution in [-0.2, 0) is 14.9 Å². The van der Waals surface area contributed by atoms with Crippen molar-refractivity contribution in [1.82, 2.24) is 0 Å². The number of aromatic hydroxyl groups is 1. The van der Waals surface area contributed by atoms with Gasteiger partial charge in [0.25, 0.3) is 0 Å². The van der Waals surface area contributed by atoms with Gasteiger partial charge in [0.2, 0.25) is 0 Å². The first-order chi connectivity index (χ1) is 13.9. The molecule has 1 aromatic carbocycles. The zero-order valence-corrected chi connectivity index (χ0v) is 20.6. The summed E-state index contributed by atoms with van der Waals surface area (Å²) in [6.45, 7) is 15.6. The SMILES string of the molecule is CCCCCCCCCCOC(=O)C(CC(C)(C)C)(c1ccc(O)cc1)C(C)(C)C. The van der Waals surface area contributed by atoms with E-state index in [0.29, 0.717) is 13.0 Å². The molecule has 0 spiro atoms. The Morgan fingerprint density at radius 2 is 1.33 bits per heavy atom. The average molecular weight is 419 g/mol. The molecule has 1 N–H and O–H groups in total. The lowest BCUT2D eigenvalue weighted by Gasteiger charge is -2.46. The number of esters is 1. The Morgan fingerprint density at radius 1 is 0.833 bits per heavy atom. The molecule has 0 bridgehead atoms. The lowest BCUT2D eigenvalue weighted by atomic mass is 9.57. The van der Waals surface area contributed by atoms with Crippen molar-refractivity contribution in [3.05, 3.63) is 29.8 Å². The Labute approximate surface area is 185 Å². The number of ether oxygens (including phenoxy) is 1. The summed E-state index contributed by atoms with van der Waals surface area (Å²) in [5.74, 6) is 0.0724. The van der Waals surface area contributed by atoms with Crippen LogP contribution in [-0.4, -0.2) is 17.7 Å². The highest BCUT2D eigenvalue weighted by molar-refractivity contribution is 5.84. The van der Waals surface area contributed by atoms with Gasteiger partial charge < -0.3 is 9.84 Å². The summed E-state index contributed by atoms with van der Waals surface area (Å²) in [5.41, 5.74) is -0.223. The number of rotatable bonds is 12. The summed E-state index contributed by atoms with van der Waals surface area (Å²) in [4.78, 5) is 13.6. The molecule has 0 radical (unpaired) electrons. The molecule has 0 saturated heterocycles. The summed E-state index contributed by atoms with van der Waals surface area (Å²) < 4.78 is 5.91. The fourth-order valence-electron chi connectivity index (χ4n) is 4.36. The molecule has 0 amide bonds. The predicted octanol–water partition coefficient (Wildman–Crippen LogP) is 7.80. The van der Waals surface area contributed by atoms with Crippen LogP contribution in [0.15, 0.2) is 24.3 Å². The van der Waals surface area contributed by atoms with E-state index in [1.165, 1.54) is 38.5 Å². The van der Waals surface area contributed by atoms with E-state index in [2.05, 4.69) is 48.5 Å². The summed E-state index contributed by atoms with van der Waals surface area (Å²) in [6, 6.07) is 7.10. The van der Waals surface area contributed by atoms with E-state index in [9.17, 15) is 9.90 Å². The molecule has 1 unspecified atom stereocenters. The van der Waals surface area contributed by atoms with E-state index in [1.807, 2.05) is 12.1 Å². The molecule has 0 saturated carbocycles. The second kappa shape index (κ2) is 11.8. The van der Waals surface area contributed by atoms with Crippen molar-refractivity contribution in [2.75, 3.05) is 6.61 Å². The van der Waals surface area contributed by atoms with Crippen LogP contribution in [0, 0.1) is 10.8 Å². The number of hydrogen-bond donors (Lipinski definition) is 1. The van der Waals surface area contributed by atoms with Gasteiger partial charge in [-0.05, 0) is 41.4 Å². The first kappa shape index (κ1) is 26.5. The van der Waals surface area contributed by atoms with Crippen LogP contribution < -0.4 is 0 Å². The second-order valence-corrected chi connectivity index (χ2v) is 11.1. The lowest BCUT2D eigenvalue weighted by Crippen LogP contribution is -2.50. The second-order valence-electron chi connectivity index (χ2n) is 11.1. The van der Waals surface area contributed by atoms with Crippen molar-refractivity contribution in [2.45, 2.75) is 112 Å². The van der Waals surface area contributed by atoms with Crippen molar-refractivity contribution in [1.29, 1.82) is 0 Å². The number of carbonyl (C=O) groups excluding carboxylic acids is 1. The zero-order valence-electron chi connectivity index (χ0n) is 20.6. The Kier molecular flexibility index (Phi) is 10.4. The maximum absolute atomic E-state index is 13.6. The van der Waals surface area contributed by atoms with Gasteiger partial charge in [0.1, 0.15) is 5.75 Å². The topological polar surface area (TPSA) is 46.5 Å². The fourth-order valence-corrected chi connectivity index (χ4v) is 4.36. The molecule has 3 nitrogen and oxygen atoms in total. The van der Waals surface area contributed by atoms with Crippen molar-refractivity contribution >= 4 is 5.97 Å². The maximum atomic E-state index is 13.6. The van der Waals surface area contributed by atoms with Crippen molar-refractivity contribution in [2.24, 2.45) is 10.8 Å². The van der Waals surface area contributed by atoms with Crippen LogP contribution in [0.2, 0.25) is 0 Å². The number of unbranched alkanes of at least 4 members (excludes halogenated alkanes) is 7. The Hall–Kier alpha value is -1.51. The summed E-state index contributed by atoms with van der Waals surface area (Å²) in [6.07, 6.45) is 10.5. The van der Waals surface area contributed by atoms with E-state index in [-0.39, 0.29) is 22.5 Å². The quantitative estimate of drug-likeness (QED) is 0.278. The molecule has 30 heavy (non-hydrogen) atoms. The van der Waals surface area contributed by atoms with E-state index in [0.717, 1.165) is 18.4 Å². The van der Waals surface area contributed by atoms with Crippen molar-refractivity contribution in [3.63, 3.8) is 0 Å². The van der Waals surface area contributed by atoms with Gasteiger partial charge >= 0.3 is 5.97 Å². The largest absolute Gasteiger partial charge is 0.508 e. The molecule has 0 fully saturated rings. The van der Waals surface area contributed by atoms with Crippen molar-refractivity contribution in [3.8, 4) is 5.75 Å². The Morgan fingerprint density at radius 3 is 1.80 bits per heavy atom. The number of phenolic OH excluding ortho intramolecular Hbond substituents is 1. The van der Waals surface area contributed by atoms with Crippen LogP contribution in [0.4, 0.5) is 0 Å². The van der Waals surface area contributed by atoms with Gasteiger partial charge in [0.05, 0.1) is 12.0 Å². The third-order valence-electron chi connectivity index (χ3n) is 6.02. The molecule has 1 aromatic rings. The summed E-state index contributed by atoms with van der Waals surface area (Å²) in [7, 11) is 0. The van der Waals surface area contributed by atoms with Gasteiger partial charge in [-0.25, -0.2) is 0 Å². The van der Waals surface area contributed by atoms with Crippen LogP contribution >= 0.6 is 0 Å². The highest BCUT2D eigenvalue weighted by Crippen LogP contribution is 2.50. The van der Waals surface area contributed by atoms with Gasteiger partial charge in [-0.1, -0.05) is 106 Å². The molecule has 1 atom stereocenters. The minimum absolute atomic E-state index is 0.0529. The van der Waals surface area contributed by atoms with Gasteiger partial charge in [-0.3, -0.25) is 4.79 Å². The van der Waals surface area contributed by atoms with E-state index >= 15 is 0 Å². The molecular weight excluding hydrogens is 372 g/mol. The molecule has 0 aromatic heterocycles. The van der Waals surface area contributed by atoms with Crippen LogP contribution in [0.3, 0.4) is 0 Å². The van der Waals surface area contributed by atoms with E-state index < -0.39 is 5.41 Å². The molecule has 172 valence electrons. The maximum Gasteiger partial charge on any atom is 0.317 e. The normalized spacial score (nSPS) is 14.4. The standard InChI is InChI=1S/C27H46O3/c1-8-9-10-11-12-13-14-15-20-30-24(29)27(26(5,6)7,21-25(2,3)4)22-16-18-23(28)19-17-22/h16-19,28H,8-15,20-21H2,1-7H3. The third-order valence-corrected chi connectivity index (χ3v) is 6.02.